The van der Waals surface area contributed by atoms with Crippen LogP contribution in [0.5, 0.6) is 0 Å². The molecule has 2 rings (SSSR count). The van der Waals surface area contributed by atoms with Gasteiger partial charge in [0.1, 0.15) is 68.3 Å². The molecule has 2 heterocycles. The smallest absolute Gasteiger partial charge is 0.187 e. The van der Waals surface area contributed by atoms with Crippen LogP contribution in [0.15, 0.2) is 0 Å². The van der Waals surface area contributed by atoms with Gasteiger partial charge < -0.3 is 83.2 Å². The molecule has 0 aromatic rings. The van der Waals surface area contributed by atoms with Gasteiger partial charge >= 0.3 is 0 Å². The molecule has 0 spiro atoms. The minimum atomic E-state index is -1.63. The molecule has 0 aromatic carbocycles. The molecule has 0 saturated carbocycles. The molecule has 11 atom stereocenters. The van der Waals surface area contributed by atoms with Crippen molar-refractivity contribution in [1.82, 2.24) is 0 Å². The van der Waals surface area contributed by atoms with E-state index >= 15 is 0 Å². The van der Waals surface area contributed by atoms with Gasteiger partial charge in [0.2, 0.25) is 0 Å². The van der Waals surface area contributed by atoms with Crippen molar-refractivity contribution in [2.24, 2.45) is 0 Å². The van der Waals surface area contributed by atoms with E-state index in [1.807, 2.05) is 21.1 Å². The highest BCUT2D eigenvalue weighted by Gasteiger charge is 2.52. The maximum Gasteiger partial charge on any atom is 0.187 e. The second-order valence-electron chi connectivity index (χ2n) is 11.0. The number of aliphatic hydroxyl groups is 8. The van der Waals surface area contributed by atoms with Gasteiger partial charge in [-0.1, -0.05) is 0 Å². The standard InChI is InChI=1S/C25H50NO16/c1-26(2,3)10-15(31)12-35-8-9-39-23-18(32)20(17(13-36-14-30)40-24(23)34)42-25-19(33)22(38-7-5-28)21(37-6-4-27)16(11-29)41-25/h15-25,27-34H,4-14H2,1-3H3/q+1/t15-,16-,17-,18+,19-,20-,21-,22-,23-,24-,25-/m1/s1. The van der Waals surface area contributed by atoms with Crippen LogP contribution < -0.4 is 0 Å². The normalized spacial score (nSPS) is 34.9. The summed E-state index contributed by atoms with van der Waals surface area (Å²) in [6.45, 7) is -2.18. The summed E-state index contributed by atoms with van der Waals surface area (Å²) in [5, 5.41) is 80.3. The molecule has 2 fully saturated rings. The lowest BCUT2D eigenvalue weighted by Crippen LogP contribution is -2.65. The third kappa shape index (κ3) is 11.7. The molecule has 0 amide bonds. The lowest BCUT2D eigenvalue weighted by molar-refractivity contribution is -0.873. The van der Waals surface area contributed by atoms with Crippen LogP contribution in [0.3, 0.4) is 0 Å². The van der Waals surface area contributed by atoms with Gasteiger partial charge in [0.25, 0.3) is 0 Å². The van der Waals surface area contributed by atoms with Crippen LogP contribution in [0.25, 0.3) is 0 Å². The van der Waals surface area contributed by atoms with Crippen molar-refractivity contribution >= 4 is 0 Å². The maximum atomic E-state index is 11.2. The lowest BCUT2D eigenvalue weighted by Gasteiger charge is -2.47. The maximum absolute atomic E-state index is 11.2. The Morgan fingerprint density at radius 1 is 0.714 bits per heavy atom. The Balaban J connectivity index is 2.10. The second kappa shape index (κ2) is 19.0. The van der Waals surface area contributed by atoms with E-state index in [1.54, 1.807) is 0 Å². The van der Waals surface area contributed by atoms with E-state index in [0.717, 1.165) is 0 Å². The molecule has 250 valence electrons. The van der Waals surface area contributed by atoms with Gasteiger partial charge in [-0.2, -0.15) is 0 Å². The fourth-order valence-electron chi connectivity index (χ4n) is 4.79. The summed E-state index contributed by atoms with van der Waals surface area (Å²) in [4.78, 5) is 0. The number of hydrogen-bond acceptors (Lipinski definition) is 16. The summed E-state index contributed by atoms with van der Waals surface area (Å²) in [6, 6.07) is 0. The predicted molar refractivity (Wildman–Crippen MR) is 140 cm³/mol. The monoisotopic (exact) mass is 620 g/mol. The van der Waals surface area contributed by atoms with Crippen molar-refractivity contribution in [3.8, 4) is 0 Å². The number of ether oxygens (including phenoxy) is 8. The van der Waals surface area contributed by atoms with E-state index < -0.39 is 80.9 Å². The molecule has 8 N–H and O–H groups in total. The highest BCUT2D eigenvalue weighted by Crippen LogP contribution is 2.31. The first-order valence-electron chi connectivity index (χ1n) is 13.9. The van der Waals surface area contributed by atoms with Crippen molar-refractivity contribution in [1.29, 1.82) is 0 Å². The Hall–Kier alpha value is -0.680. The third-order valence-corrected chi connectivity index (χ3v) is 6.50. The first-order chi connectivity index (χ1) is 20.0. The molecule has 0 unspecified atom stereocenters. The zero-order chi connectivity index (χ0) is 31.3. The van der Waals surface area contributed by atoms with Gasteiger partial charge in [0.05, 0.1) is 80.6 Å². The molecular weight excluding hydrogens is 570 g/mol. The summed E-state index contributed by atoms with van der Waals surface area (Å²) in [6.07, 6.45) is -14.1. The highest BCUT2D eigenvalue weighted by molar-refractivity contribution is 4.95. The number of nitrogens with zero attached hydrogens (tertiary/aromatic N) is 1. The van der Waals surface area contributed by atoms with Crippen LogP contribution in [0.2, 0.25) is 0 Å². The molecular formula is C25H50NO16+. The topological polar surface area (TPSA) is 236 Å². The molecule has 17 nitrogen and oxygen atoms in total. The van der Waals surface area contributed by atoms with E-state index in [1.165, 1.54) is 0 Å². The molecule has 0 aliphatic carbocycles. The Kier molecular flexibility index (Phi) is 16.9. The Morgan fingerprint density at radius 2 is 1.36 bits per heavy atom. The van der Waals surface area contributed by atoms with Crippen LogP contribution >= 0.6 is 0 Å². The van der Waals surface area contributed by atoms with Crippen molar-refractivity contribution < 1.29 is 83.2 Å². The number of quaternary nitrogens is 1. The van der Waals surface area contributed by atoms with Crippen LogP contribution in [-0.4, -0.2) is 207 Å². The van der Waals surface area contributed by atoms with Gasteiger partial charge in [0, 0.05) is 0 Å². The van der Waals surface area contributed by atoms with E-state index in [9.17, 15) is 30.6 Å². The summed E-state index contributed by atoms with van der Waals surface area (Å²) in [7, 11) is 5.80. The lowest BCUT2D eigenvalue weighted by atomic mass is 9.96. The molecule has 2 aliphatic rings. The molecule has 0 aromatic heterocycles. The largest absolute Gasteiger partial charge is 0.394 e. The number of likely N-dealkylation sites (N-methyl/N-ethyl adjacent to an activating group) is 1. The summed E-state index contributed by atoms with van der Waals surface area (Å²) in [5.74, 6) is 0. The molecule has 2 aliphatic heterocycles. The van der Waals surface area contributed by atoms with Gasteiger partial charge in [-0.3, -0.25) is 0 Å². The molecule has 17 heteroatoms. The average Bonchev–Trinajstić information content (AvgIpc) is 2.93. The van der Waals surface area contributed by atoms with Crippen molar-refractivity contribution in [2.75, 3.05) is 93.9 Å². The molecule has 0 bridgehead atoms. The van der Waals surface area contributed by atoms with E-state index in [-0.39, 0.29) is 52.9 Å². The SMILES string of the molecule is C[N+](C)(C)C[C@@H](O)COCCO[C@@H]1[C@@H](O)[C@H](O[C@H]2O[C@H](CO)[C@@H](OCCO)[C@H](OCCO)[C@H]2O)[C@@H](COCO)O[C@H]1O. The predicted octanol–water partition coefficient (Wildman–Crippen LogP) is -5.28. The van der Waals surface area contributed by atoms with Crippen LogP contribution in [0.1, 0.15) is 0 Å². The second-order valence-corrected chi connectivity index (χ2v) is 11.0. The van der Waals surface area contributed by atoms with Crippen molar-refractivity contribution in [3.05, 3.63) is 0 Å². The number of hydrogen-bond donors (Lipinski definition) is 8. The van der Waals surface area contributed by atoms with Crippen molar-refractivity contribution in [3.63, 3.8) is 0 Å². The first kappa shape index (κ1) is 37.5. The van der Waals surface area contributed by atoms with Crippen LogP contribution in [0.4, 0.5) is 0 Å². The van der Waals surface area contributed by atoms with Gasteiger partial charge in [-0.25, -0.2) is 0 Å². The Morgan fingerprint density at radius 3 is 1.95 bits per heavy atom. The average molecular weight is 621 g/mol. The third-order valence-electron chi connectivity index (χ3n) is 6.50. The fourth-order valence-corrected chi connectivity index (χ4v) is 4.79. The Bertz CT molecular complexity index is 716. The van der Waals surface area contributed by atoms with Gasteiger partial charge in [-0.05, 0) is 0 Å². The van der Waals surface area contributed by atoms with Gasteiger partial charge in [0.15, 0.2) is 12.6 Å². The van der Waals surface area contributed by atoms with Crippen LogP contribution in [0, 0.1) is 0 Å². The summed E-state index contributed by atoms with van der Waals surface area (Å²) >= 11 is 0. The fraction of sp³-hybridized carbons (Fsp3) is 1.00. The van der Waals surface area contributed by atoms with Crippen molar-refractivity contribution in [2.45, 2.75) is 67.5 Å². The van der Waals surface area contributed by atoms with Gasteiger partial charge in [-0.15, -0.1) is 0 Å². The molecule has 2 saturated heterocycles. The minimum absolute atomic E-state index is 0.0362. The zero-order valence-electron chi connectivity index (χ0n) is 24.4. The summed E-state index contributed by atoms with van der Waals surface area (Å²) < 4.78 is 44.9. The highest BCUT2D eigenvalue weighted by atomic mass is 16.7. The van der Waals surface area contributed by atoms with E-state index in [4.69, 9.17) is 48.1 Å². The molecule has 42 heavy (non-hydrogen) atoms. The summed E-state index contributed by atoms with van der Waals surface area (Å²) in [5.41, 5.74) is 0. The number of rotatable bonds is 20. The minimum Gasteiger partial charge on any atom is -0.394 e. The van der Waals surface area contributed by atoms with E-state index in [2.05, 4.69) is 0 Å². The quantitative estimate of drug-likeness (QED) is 0.0360. The Labute approximate surface area is 245 Å². The number of aliphatic hydroxyl groups excluding tert-OH is 8. The first-order valence-corrected chi connectivity index (χ1v) is 13.9. The van der Waals surface area contributed by atoms with E-state index in [0.29, 0.717) is 11.0 Å². The molecule has 0 radical (unpaired) electrons. The van der Waals surface area contributed by atoms with Crippen LogP contribution in [-0.2, 0) is 37.9 Å². The zero-order valence-corrected chi connectivity index (χ0v) is 24.4.